The van der Waals surface area contributed by atoms with Gasteiger partial charge in [0.1, 0.15) is 5.65 Å². The lowest BCUT2D eigenvalue weighted by molar-refractivity contribution is -0.115. The van der Waals surface area contributed by atoms with E-state index in [9.17, 15) is 9.59 Å². The van der Waals surface area contributed by atoms with Crippen LogP contribution in [0.3, 0.4) is 0 Å². The van der Waals surface area contributed by atoms with E-state index >= 15 is 0 Å². The molecule has 2 amide bonds. The van der Waals surface area contributed by atoms with Crippen LogP contribution in [0.25, 0.3) is 5.65 Å². The van der Waals surface area contributed by atoms with E-state index in [1.54, 1.807) is 17.1 Å². The number of pyridine rings is 1. The molecule has 0 aliphatic rings. The van der Waals surface area contributed by atoms with Crippen molar-refractivity contribution >= 4 is 40.6 Å². The Morgan fingerprint density at radius 2 is 1.87 bits per heavy atom. The van der Waals surface area contributed by atoms with Crippen LogP contribution < -0.4 is 10.6 Å². The summed E-state index contributed by atoms with van der Waals surface area (Å²) >= 11 is 1.45. The van der Waals surface area contributed by atoms with Gasteiger partial charge in [-0.05, 0) is 43.3 Å². The number of fused-ring (bicyclic) bond motifs is 1. The molecule has 0 radical (unpaired) electrons. The van der Waals surface area contributed by atoms with Gasteiger partial charge in [-0.2, -0.15) is 5.10 Å². The highest BCUT2D eigenvalue weighted by Gasteiger charge is 2.15. The molecule has 2 N–H and O–H groups in total. The first-order valence-corrected chi connectivity index (χ1v) is 10.6. The molecule has 0 bridgehead atoms. The van der Waals surface area contributed by atoms with Gasteiger partial charge < -0.3 is 15.0 Å². The quantitative estimate of drug-likeness (QED) is 0.433. The molecule has 3 heterocycles. The van der Waals surface area contributed by atoms with Gasteiger partial charge in [-0.25, -0.2) is 4.98 Å². The summed E-state index contributed by atoms with van der Waals surface area (Å²) in [6, 6.07) is 13.3. The molecule has 8 nitrogen and oxygen atoms in total. The van der Waals surface area contributed by atoms with Gasteiger partial charge in [0.05, 0.1) is 29.4 Å². The number of aromatic nitrogens is 4. The zero-order chi connectivity index (χ0) is 21.8. The molecular weight excluding hydrogens is 412 g/mol. The van der Waals surface area contributed by atoms with Gasteiger partial charge in [-0.1, -0.05) is 6.07 Å². The van der Waals surface area contributed by atoms with Crippen molar-refractivity contribution in [2.75, 3.05) is 10.6 Å². The molecule has 0 saturated heterocycles. The second kappa shape index (κ2) is 9.05. The average molecular weight is 435 g/mol. The number of amides is 2. The number of nitrogens with one attached hydrogen (secondary N) is 2. The lowest BCUT2D eigenvalue weighted by Gasteiger charge is -2.11. The maximum atomic E-state index is 12.6. The highest BCUT2D eigenvalue weighted by molar-refractivity contribution is 8.00. The number of hydrogen-bond acceptors (Lipinski definition) is 5. The van der Waals surface area contributed by atoms with E-state index in [0.717, 1.165) is 21.9 Å². The predicted molar refractivity (Wildman–Crippen MR) is 121 cm³/mol. The molecule has 9 heteroatoms. The number of nitrogens with zero attached hydrogens (tertiary/aromatic N) is 4. The van der Waals surface area contributed by atoms with E-state index < -0.39 is 0 Å². The van der Waals surface area contributed by atoms with Crippen molar-refractivity contribution in [1.29, 1.82) is 0 Å². The standard InChI is InChI=1S/C22H22N6O2S/c1-15(31-20-8-6-17(7-9-20)24-16(2)29)22(30)26-18-11-23-28(13-18)14-19-12-27-10-4-3-5-21(27)25-19/h3-13,15H,14H2,1-2H3,(H,24,29)(H,26,30). The van der Waals surface area contributed by atoms with Crippen LogP contribution in [-0.4, -0.2) is 36.2 Å². The summed E-state index contributed by atoms with van der Waals surface area (Å²) in [5.74, 6) is -0.224. The molecule has 4 rings (SSSR count). The van der Waals surface area contributed by atoms with Gasteiger partial charge in [-0.15, -0.1) is 11.8 Å². The summed E-state index contributed by atoms with van der Waals surface area (Å²) in [6.45, 7) is 3.83. The molecule has 0 saturated carbocycles. The Hall–Kier alpha value is -3.59. The summed E-state index contributed by atoms with van der Waals surface area (Å²) in [5.41, 5.74) is 3.14. The van der Waals surface area contributed by atoms with Crippen molar-refractivity contribution < 1.29 is 9.59 Å². The normalized spacial score (nSPS) is 11.9. The minimum atomic E-state index is -0.298. The van der Waals surface area contributed by atoms with Crippen LogP contribution in [-0.2, 0) is 16.1 Å². The smallest absolute Gasteiger partial charge is 0.237 e. The van der Waals surface area contributed by atoms with Crippen molar-refractivity contribution in [3.8, 4) is 0 Å². The van der Waals surface area contributed by atoms with Crippen molar-refractivity contribution in [3.05, 3.63) is 72.9 Å². The predicted octanol–water partition coefficient (Wildman–Crippen LogP) is 3.66. The fraction of sp³-hybridized carbons (Fsp3) is 0.182. The van der Waals surface area contributed by atoms with E-state index in [0.29, 0.717) is 12.2 Å². The molecule has 0 aliphatic carbocycles. The second-order valence-electron chi connectivity index (χ2n) is 7.08. The molecule has 31 heavy (non-hydrogen) atoms. The maximum Gasteiger partial charge on any atom is 0.237 e. The van der Waals surface area contributed by atoms with Crippen LogP contribution in [0.4, 0.5) is 11.4 Å². The number of carbonyl (C=O) groups is 2. The Labute approximate surface area is 183 Å². The summed E-state index contributed by atoms with van der Waals surface area (Å²) in [7, 11) is 0. The first-order valence-electron chi connectivity index (χ1n) is 9.76. The number of benzene rings is 1. The number of carbonyl (C=O) groups excluding carboxylic acids is 2. The van der Waals surface area contributed by atoms with Crippen LogP contribution in [0, 0.1) is 0 Å². The van der Waals surface area contributed by atoms with Crippen molar-refractivity contribution in [2.45, 2.75) is 30.5 Å². The average Bonchev–Trinajstić information content (AvgIpc) is 3.35. The summed E-state index contributed by atoms with van der Waals surface area (Å²) in [4.78, 5) is 29.2. The fourth-order valence-corrected chi connectivity index (χ4v) is 3.93. The third-order valence-corrected chi connectivity index (χ3v) is 5.61. The van der Waals surface area contributed by atoms with Gasteiger partial charge in [0, 0.05) is 36.1 Å². The van der Waals surface area contributed by atoms with Crippen molar-refractivity contribution in [1.82, 2.24) is 19.2 Å². The molecule has 0 fully saturated rings. The van der Waals surface area contributed by atoms with Gasteiger partial charge in [0.15, 0.2) is 0 Å². The number of thioether (sulfide) groups is 1. The Morgan fingerprint density at radius 1 is 1.06 bits per heavy atom. The first-order chi connectivity index (χ1) is 15.0. The highest BCUT2D eigenvalue weighted by Crippen LogP contribution is 2.25. The van der Waals surface area contributed by atoms with Gasteiger partial charge in [-0.3, -0.25) is 14.3 Å². The molecule has 4 aromatic rings. The first kappa shape index (κ1) is 20.7. The van der Waals surface area contributed by atoms with Gasteiger partial charge >= 0.3 is 0 Å². The Balaban J connectivity index is 1.33. The van der Waals surface area contributed by atoms with Crippen LogP contribution in [0.15, 0.2) is 72.1 Å². The molecule has 0 aliphatic heterocycles. The molecule has 0 spiro atoms. The van der Waals surface area contributed by atoms with Gasteiger partial charge in [0.2, 0.25) is 11.8 Å². The molecular formula is C22H22N6O2S. The second-order valence-corrected chi connectivity index (χ2v) is 8.49. The lowest BCUT2D eigenvalue weighted by Crippen LogP contribution is -2.22. The Kier molecular flexibility index (Phi) is 6.03. The molecule has 3 aromatic heterocycles. The zero-order valence-corrected chi connectivity index (χ0v) is 18.0. The van der Waals surface area contributed by atoms with E-state index in [4.69, 9.17) is 0 Å². The lowest BCUT2D eigenvalue weighted by atomic mass is 10.3. The number of imidazole rings is 1. The summed E-state index contributed by atoms with van der Waals surface area (Å²) in [6.07, 6.45) is 7.34. The monoisotopic (exact) mass is 434 g/mol. The molecule has 1 aromatic carbocycles. The maximum absolute atomic E-state index is 12.6. The van der Waals surface area contributed by atoms with Crippen molar-refractivity contribution in [3.63, 3.8) is 0 Å². The Morgan fingerprint density at radius 3 is 2.61 bits per heavy atom. The molecule has 1 atom stereocenters. The highest BCUT2D eigenvalue weighted by atomic mass is 32.2. The third-order valence-electron chi connectivity index (χ3n) is 4.50. The van der Waals surface area contributed by atoms with Crippen molar-refractivity contribution in [2.24, 2.45) is 0 Å². The number of rotatable bonds is 7. The third kappa shape index (κ3) is 5.32. The van der Waals surface area contributed by atoms with Crippen LogP contribution >= 0.6 is 11.8 Å². The zero-order valence-electron chi connectivity index (χ0n) is 17.1. The van der Waals surface area contributed by atoms with E-state index in [1.807, 2.05) is 66.2 Å². The van der Waals surface area contributed by atoms with E-state index in [-0.39, 0.29) is 17.1 Å². The Bertz CT molecular complexity index is 1180. The molecule has 1 unspecified atom stereocenters. The SMILES string of the molecule is CC(=O)Nc1ccc(SC(C)C(=O)Nc2cnn(Cc3cn4ccccc4n3)c2)cc1. The van der Waals surface area contributed by atoms with Crippen LogP contribution in [0.5, 0.6) is 0 Å². The summed E-state index contributed by atoms with van der Waals surface area (Å²) < 4.78 is 3.71. The van der Waals surface area contributed by atoms with Crippen LogP contribution in [0.2, 0.25) is 0 Å². The topological polar surface area (TPSA) is 93.3 Å². The summed E-state index contributed by atoms with van der Waals surface area (Å²) in [5, 5.41) is 9.66. The minimum absolute atomic E-state index is 0.108. The largest absolute Gasteiger partial charge is 0.326 e. The fourth-order valence-electron chi connectivity index (χ4n) is 3.07. The number of hydrogen-bond donors (Lipinski definition) is 2. The van der Waals surface area contributed by atoms with Crippen LogP contribution in [0.1, 0.15) is 19.5 Å². The molecule has 158 valence electrons. The minimum Gasteiger partial charge on any atom is -0.326 e. The van der Waals surface area contributed by atoms with Gasteiger partial charge in [0.25, 0.3) is 0 Å². The number of anilines is 2. The van der Waals surface area contributed by atoms with E-state index in [2.05, 4.69) is 20.7 Å². The van der Waals surface area contributed by atoms with E-state index in [1.165, 1.54) is 18.7 Å².